The Morgan fingerprint density at radius 1 is 0.980 bits per heavy atom. The van der Waals surface area contributed by atoms with Crippen LogP contribution in [0, 0.1) is 5.82 Å². The maximum absolute atomic E-state index is 15.4. The van der Waals surface area contributed by atoms with Gasteiger partial charge >= 0.3 is 6.09 Å². The number of nitrogens with zero attached hydrogens (tertiary/aromatic N) is 4. The van der Waals surface area contributed by atoms with Crippen molar-refractivity contribution in [3.63, 3.8) is 0 Å². The van der Waals surface area contributed by atoms with Gasteiger partial charge in [0.15, 0.2) is 0 Å². The highest BCUT2D eigenvalue weighted by atomic mass is 32.2. The zero-order valence-electron chi connectivity index (χ0n) is 28.5. The van der Waals surface area contributed by atoms with E-state index < -0.39 is 76.0 Å². The van der Waals surface area contributed by atoms with Gasteiger partial charge in [0, 0.05) is 52.2 Å². The molecule has 2 N–H and O–H groups in total. The van der Waals surface area contributed by atoms with Crippen molar-refractivity contribution in [2.45, 2.75) is 75.3 Å². The third kappa shape index (κ3) is 7.60. The fraction of sp³-hybridized carbons (Fsp3) is 0.500. The van der Waals surface area contributed by atoms with Gasteiger partial charge in [0.1, 0.15) is 23.6 Å². The van der Waals surface area contributed by atoms with Crippen molar-refractivity contribution in [1.29, 1.82) is 0 Å². The normalized spacial score (nSPS) is 23.7. The number of nitrogens with one attached hydrogen (secondary N) is 2. The molecule has 4 aliphatic rings. The summed E-state index contributed by atoms with van der Waals surface area (Å²) in [5.41, 5.74) is -0.0470. The maximum Gasteiger partial charge on any atom is 0.407 e. The minimum atomic E-state index is -4.03. The van der Waals surface area contributed by atoms with Crippen LogP contribution in [0.1, 0.15) is 66.3 Å². The molecule has 0 aliphatic carbocycles. The van der Waals surface area contributed by atoms with Gasteiger partial charge in [0.25, 0.3) is 11.8 Å². The second-order valence-electron chi connectivity index (χ2n) is 14.1. The Morgan fingerprint density at radius 2 is 1.67 bits per heavy atom. The number of piperidine rings is 2. The SMILES string of the molecule is CC(C)(C)OC(=O)N[C@H]1CCN(S(=O)(=O)c2cccc(CN3CCN(c4cc5c(cc4F)C(=O)N(C4CCC(=O)NC4=O)C5=O)CC3)c2)CC1F. The zero-order chi connectivity index (χ0) is 36.8. The molecule has 51 heavy (non-hydrogen) atoms. The maximum atomic E-state index is 15.4. The second-order valence-corrected chi connectivity index (χ2v) is 16.1. The number of fused-ring (bicyclic) bond motifs is 1. The molecule has 4 aliphatic heterocycles. The summed E-state index contributed by atoms with van der Waals surface area (Å²) < 4.78 is 63.7. The van der Waals surface area contributed by atoms with Crippen LogP contribution in [-0.4, -0.2) is 115 Å². The molecule has 5 amide bonds. The number of benzene rings is 2. The standard InChI is InChI=1S/C34H40F2N6O8S/c1-34(2,3)50-33(47)37-26-9-10-41(19-25(26)36)51(48,49)21-6-4-5-20(15-21)18-39-11-13-40(14-12-39)28-17-23-22(16-24(28)35)31(45)42(32(23)46)27-7-8-29(43)38-30(27)44/h4-6,15-17,25-27H,7-14,18-19H2,1-3H3,(H,37,47)(H,38,43,44)/t25?,26-,27?/m0/s1. The van der Waals surface area contributed by atoms with Crippen LogP contribution in [0.25, 0.3) is 0 Å². The first-order chi connectivity index (χ1) is 24.0. The number of rotatable bonds is 7. The van der Waals surface area contributed by atoms with Crippen LogP contribution in [0.3, 0.4) is 0 Å². The molecule has 0 saturated carbocycles. The van der Waals surface area contributed by atoms with Crippen molar-refractivity contribution in [2.24, 2.45) is 0 Å². The van der Waals surface area contributed by atoms with E-state index in [0.29, 0.717) is 38.3 Å². The Kier molecular flexibility index (Phi) is 9.91. The molecule has 2 unspecified atom stereocenters. The van der Waals surface area contributed by atoms with E-state index in [0.717, 1.165) is 15.3 Å². The minimum absolute atomic E-state index is 0.00583. The van der Waals surface area contributed by atoms with Crippen molar-refractivity contribution in [2.75, 3.05) is 44.2 Å². The zero-order valence-corrected chi connectivity index (χ0v) is 29.3. The quantitative estimate of drug-likeness (QED) is 0.404. The summed E-state index contributed by atoms with van der Waals surface area (Å²) in [6.45, 7) is 6.77. The summed E-state index contributed by atoms with van der Waals surface area (Å²) in [6, 6.07) is 6.74. The molecule has 14 nitrogen and oxygen atoms in total. The molecule has 0 aromatic heterocycles. The Bertz CT molecular complexity index is 1880. The third-order valence-electron chi connectivity index (χ3n) is 9.37. The number of alkyl carbamates (subject to hydrolysis) is 1. The molecule has 2 aromatic rings. The van der Waals surface area contributed by atoms with Gasteiger partial charge in [0.2, 0.25) is 21.8 Å². The molecule has 0 spiro atoms. The lowest BCUT2D eigenvalue weighted by Crippen LogP contribution is -2.54. The molecule has 6 rings (SSSR count). The summed E-state index contributed by atoms with van der Waals surface area (Å²) in [7, 11) is -4.03. The van der Waals surface area contributed by atoms with Gasteiger partial charge in [-0.05, 0) is 63.4 Å². The number of sulfonamides is 1. The Hall–Kier alpha value is -4.48. The number of piperazine rings is 1. The molecule has 17 heteroatoms. The fourth-order valence-corrected chi connectivity index (χ4v) is 8.33. The van der Waals surface area contributed by atoms with Crippen molar-refractivity contribution < 1.29 is 45.9 Å². The Morgan fingerprint density at radius 3 is 2.31 bits per heavy atom. The number of anilines is 1. The average Bonchev–Trinajstić information content (AvgIpc) is 3.29. The third-order valence-corrected chi connectivity index (χ3v) is 11.2. The van der Waals surface area contributed by atoms with E-state index in [1.807, 2.05) is 0 Å². The van der Waals surface area contributed by atoms with E-state index in [4.69, 9.17) is 4.74 Å². The van der Waals surface area contributed by atoms with Crippen LogP contribution >= 0.6 is 0 Å². The molecule has 0 radical (unpaired) electrons. The molecule has 0 bridgehead atoms. The van der Waals surface area contributed by atoms with Crippen molar-refractivity contribution in [1.82, 2.24) is 24.7 Å². The minimum Gasteiger partial charge on any atom is -0.444 e. The number of ether oxygens (including phenoxy) is 1. The number of hydrogen-bond donors (Lipinski definition) is 2. The monoisotopic (exact) mass is 730 g/mol. The van der Waals surface area contributed by atoms with Crippen molar-refractivity contribution in [3.05, 3.63) is 58.9 Å². The number of halogens is 2. The van der Waals surface area contributed by atoms with Crippen LogP contribution in [0.2, 0.25) is 0 Å². The van der Waals surface area contributed by atoms with Gasteiger partial charge in [-0.2, -0.15) is 4.31 Å². The summed E-state index contributed by atoms with van der Waals surface area (Å²) in [5, 5.41) is 4.64. The molecule has 274 valence electrons. The highest BCUT2D eigenvalue weighted by Gasteiger charge is 2.45. The molecular formula is C34H40F2N6O8S. The highest BCUT2D eigenvalue weighted by molar-refractivity contribution is 7.89. The summed E-state index contributed by atoms with van der Waals surface area (Å²) in [5.74, 6) is -3.43. The first-order valence-corrected chi connectivity index (χ1v) is 18.2. The van der Waals surface area contributed by atoms with Gasteiger partial charge in [-0.25, -0.2) is 22.0 Å². The average molecular weight is 731 g/mol. The predicted molar refractivity (Wildman–Crippen MR) is 178 cm³/mol. The van der Waals surface area contributed by atoms with Gasteiger partial charge in [-0.1, -0.05) is 12.1 Å². The van der Waals surface area contributed by atoms with E-state index in [-0.39, 0.29) is 47.5 Å². The topological polar surface area (TPSA) is 166 Å². The van der Waals surface area contributed by atoms with Crippen LogP contribution < -0.4 is 15.5 Å². The number of amides is 5. The van der Waals surface area contributed by atoms with Crippen molar-refractivity contribution in [3.8, 4) is 0 Å². The number of carbonyl (C=O) groups excluding carboxylic acids is 5. The van der Waals surface area contributed by atoms with Crippen LogP contribution in [0.15, 0.2) is 41.3 Å². The Labute approximate surface area is 294 Å². The fourth-order valence-electron chi connectivity index (χ4n) is 6.80. The first kappa shape index (κ1) is 36.3. The number of carbonyl (C=O) groups is 5. The van der Waals surface area contributed by atoms with Crippen LogP contribution in [-0.2, 0) is 30.9 Å². The van der Waals surface area contributed by atoms with Gasteiger partial charge < -0.3 is 15.0 Å². The van der Waals surface area contributed by atoms with E-state index in [1.165, 1.54) is 12.1 Å². The number of imide groups is 2. The molecule has 4 heterocycles. The first-order valence-electron chi connectivity index (χ1n) is 16.8. The predicted octanol–water partition coefficient (Wildman–Crippen LogP) is 2.17. The van der Waals surface area contributed by atoms with E-state index in [1.54, 1.807) is 43.9 Å². The van der Waals surface area contributed by atoms with Crippen molar-refractivity contribution >= 4 is 45.4 Å². The van der Waals surface area contributed by atoms with Gasteiger partial charge in [-0.3, -0.25) is 34.3 Å². The van der Waals surface area contributed by atoms with Crippen LogP contribution in [0.5, 0.6) is 0 Å². The highest BCUT2D eigenvalue weighted by Crippen LogP contribution is 2.33. The summed E-state index contributed by atoms with van der Waals surface area (Å²) in [4.78, 5) is 67.0. The number of hydrogen-bond acceptors (Lipinski definition) is 10. The smallest absolute Gasteiger partial charge is 0.407 e. The molecule has 3 saturated heterocycles. The van der Waals surface area contributed by atoms with Gasteiger partial charge in [0.05, 0.1) is 27.8 Å². The van der Waals surface area contributed by atoms with E-state index >= 15 is 8.78 Å². The Balaban J connectivity index is 1.06. The molecule has 2 aromatic carbocycles. The van der Waals surface area contributed by atoms with Gasteiger partial charge in [-0.15, -0.1) is 0 Å². The lowest BCUT2D eigenvalue weighted by molar-refractivity contribution is -0.136. The van der Waals surface area contributed by atoms with Crippen LogP contribution in [0.4, 0.5) is 19.3 Å². The van der Waals surface area contributed by atoms with E-state index in [9.17, 15) is 32.4 Å². The largest absolute Gasteiger partial charge is 0.444 e. The summed E-state index contributed by atoms with van der Waals surface area (Å²) in [6.07, 6.45) is -2.34. The van der Waals surface area contributed by atoms with E-state index in [2.05, 4.69) is 15.5 Å². The molecular weight excluding hydrogens is 690 g/mol. The second kappa shape index (κ2) is 13.9. The summed E-state index contributed by atoms with van der Waals surface area (Å²) >= 11 is 0. The molecule has 3 fully saturated rings. The number of alkyl halides is 1. The lowest BCUT2D eigenvalue weighted by Gasteiger charge is -2.36. The molecule has 3 atom stereocenters. The lowest BCUT2D eigenvalue weighted by atomic mass is 10.0.